The Morgan fingerprint density at radius 3 is 2.55 bits per heavy atom. The van der Waals surface area contributed by atoms with E-state index >= 15 is 0 Å². The van der Waals surface area contributed by atoms with Crippen LogP contribution in [0.2, 0.25) is 0 Å². The number of carbonyl (C=O) groups excluding carboxylic acids is 2. The number of ether oxygens (including phenoxy) is 2. The first kappa shape index (κ1) is 22.6. The van der Waals surface area contributed by atoms with E-state index in [4.69, 9.17) is 9.47 Å². The van der Waals surface area contributed by atoms with Crippen molar-refractivity contribution in [2.45, 2.75) is 39.8 Å². The molecule has 1 amide bonds. The quantitative estimate of drug-likeness (QED) is 0.508. The van der Waals surface area contributed by atoms with E-state index in [-0.39, 0.29) is 5.91 Å². The van der Waals surface area contributed by atoms with E-state index in [2.05, 4.69) is 16.0 Å². The van der Waals surface area contributed by atoms with Crippen molar-refractivity contribution < 1.29 is 19.1 Å². The smallest absolute Gasteiger partial charge is 0.340 e. The second-order valence-corrected chi connectivity index (χ2v) is 8.42. The third-order valence-electron chi connectivity index (χ3n) is 5.21. The third kappa shape index (κ3) is 5.76. The summed E-state index contributed by atoms with van der Waals surface area (Å²) in [6.07, 6.45) is -0.191. The van der Waals surface area contributed by atoms with Crippen molar-refractivity contribution in [2.24, 2.45) is 0 Å². The summed E-state index contributed by atoms with van der Waals surface area (Å²) in [5, 5.41) is 4.86. The number of aryl methyl sites for hydroxylation is 1. The number of esters is 1. The van der Waals surface area contributed by atoms with Crippen molar-refractivity contribution in [1.82, 2.24) is 9.88 Å². The molecule has 0 saturated carbocycles. The fraction of sp³-hybridized carbons (Fsp3) is 0.333. The highest BCUT2D eigenvalue weighted by Gasteiger charge is 2.22. The number of carbonyl (C=O) groups is 2. The Morgan fingerprint density at radius 1 is 1.16 bits per heavy atom. The van der Waals surface area contributed by atoms with E-state index in [0.717, 1.165) is 22.7 Å². The molecule has 2 aromatic heterocycles. The molecule has 7 heteroatoms. The van der Waals surface area contributed by atoms with E-state index in [9.17, 15) is 9.59 Å². The van der Waals surface area contributed by atoms with E-state index in [1.165, 1.54) is 4.88 Å². The van der Waals surface area contributed by atoms with Crippen LogP contribution in [0.25, 0.3) is 0 Å². The molecule has 0 bridgehead atoms. The molecular weight excluding hydrogens is 412 g/mol. The van der Waals surface area contributed by atoms with E-state index < -0.39 is 12.1 Å². The second-order valence-electron chi connectivity index (χ2n) is 7.39. The molecule has 0 aliphatic carbocycles. The molecule has 0 aliphatic rings. The van der Waals surface area contributed by atoms with Crippen molar-refractivity contribution in [1.29, 1.82) is 0 Å². The molecule has 6 nitrogen and oxygen atoms in total. The average Bonchev–Trinajstić information content (AvgIpc) is 3.38. The average molecular weight is 441 g/mol. The summed E-state index contributed by atoms with van der Waals surface area (Å²) in [6.45, 7) is 6.63. The third-order valence-corrected chi connectivity index (χ3v) is 6.07. The molecule has 164 valence electrons. The zero-order valence-electron chi connectivity index (χ0n) is 18.3. The fourth-order valence-electron chi connectivity index (χ4n) is 3.35. The molecule has 1 aromatic carbocycles. The van der Waals surface area contributed by atoms with Gasteiger partial charge in [0.25, 0.3) is 5.91 Å². The monoisotopic (exact) mass is 440 g/mol. The van der Waals surface area contributed by atoms with Gasteiger partial charge in [0.2, 0.25) is 0 Å². The van der Waals surface area contributed by atoms with Crippen LogP contribution in [-0.2, 0) is 22.5 Å². The van der Waals surface area contributed by atoms with Gasteiger partial charge < -0.3 is 19.4 Å². The predicted octanol–water partition coefficient (Wildman–Crippen LogP) is 4.13. The molecule has 0 saturated heterocycles. The Balaban J connectivity index is 1.52. The van der Waals surface area contributed by atoms with Crippen molar-refractivity contribution in [2.75, 3.05) is 13.7 Å². The Morgan fingerprint density at radius 2 is 1.90 bits per heavy atom. The summed E-state index contributed by atoms with van der Waals surface area (Å²) in [5.74, 6) is 0.000612. The highest BCUT2D eigenvalue weighted by atomic mass is 32.1. The number of rotatable bonds is 9. The zero-order valence-corrected chi connectivity index (χ0v) is 19.1. The minimum Gasteiger partial charge on any atom is -0.497 e. The number of amides is 1. The second kappa shape index (κ2) is 10.3. The molecule has 1 atom stereocenters. The number of thiophene rings is 1. The van der Waals surface area contributed by atoms with E-state index in [1.807, 2.05) is 55.6 Å². The minimum atomic E-state index is -0.872. The molecule has 1 N–H and O–H groups in total. The standard InChI is InChI=1S/C24H28N2O4S/c1-16-14-22(17(2)26(16)15-21-6-5-13-31-21)24(28)30-18(3)23(27)25-12-11-19-7-9-20(29-4)10-8-19/h5-10,13-14,18H,11-12,15H2,1-4H3,(H,25,27). The molecular formula is C24H28N2O4S. The summed E-state index contributed by atoms with van der Waals surface area (Å²) < 4.78 is 12.7. The van der Waals surface area contributed by atoms with Crippen LogP contribution in [0.3, 0.4) is 0 Å². The van der Waals surface area contributed by atoms with Gasteiger partial charge in [-0.3, -0.25) is 4.79 Å². The van der Waals surface area contributed by atoms with Gasteiger partial charge in [0.15, 0.2) is 6.10 Å². The van der Waals surface area contributed by atoms with Gasteiger partial charge in [-0.05, 0) is 62.4 Å². The summed E-state index contributed by atoms with van der Waals surface area (Å²) in [5.41, 5.74) is 3.40. The number of hydrogen-bond donors (Lipinski definition) is 1. The largest absolute Gasteiger partial charge is 0.497 e. The van der Waals surface area contributed by atoms with Crippen molar-refractivity contribution >= 4 is 23.2 Å². The first-order chi connectivity index (χ1) is 14.9. The molecule has 1 unspecified atom stereocenters. The SMILES string of the molecule is COc1ccc(CCNC(=O)C(C)OC(=O)c2cc(C)n(Cc3cccs3)c2C)cc1. The Hall–Kier alpha value is -3.06. The summed E-state index contributed by atoms with van der Waals surface area (Å²) in [4.78, 5) is 26.3. The number of hydrogen-bond acceptors (Lipinski definition) is 5. The van der Waals surface area contributed by atoms with Crippen LogP contribution in [0, 0.1) is 13.8 Å². The fourth-order valence-corrected chi connectivity index (χ4v) is 4.05. The Labute approximate surface area is 186 Å². The van der Waals surface area contributed by atoms with Gasteiger partial charge in [0.1, 0.15) is 5.75 Å². The van der Waals surface area contributed by atoms with Crippen molar-refractivity contribution in [3.63, 3.8) is 0 Å². The highest BCUT2D eigenvalue weighted by Crippen LogP contribution is 2.20. The molecule has 0 aliphatic heterocycles. The van der Waals surface area contributed by atoms with Gasteiger partial charge in [0, 0.05) is 22.8 Å². The van der Waals surface area contributed by atoms with Crippen LogP contribution in [0.4, 0.5) is 0 Å². The molecule has 0 spiro atoms. The summed E-state index contributed by atoms with van der Waals surface area (Å²) in [7, 11) is 1.62. The van der Waals surface area contributed by atoms with Crippen LogP contribution in [0.1, 0.15) is 39.1 Å². The maximum atomic E-state index is 12.7. The molecule has 31 heavy (non-hydrogen) atoms. The molecule has 0 fully saturated rings. The zero-order chi connectivity index (χ0) is 22.4. The number of nitrogens with one attached hydrogen (secondary N) is 1. The predicted molar refractivity (Wildman–Crippen MR) is 122 cm³/mol. The van der Waals surface area contributed by atoms with E-state index in [0.29, 0.717) is 25.1 Å². The molecule has 2 heterocycles. The van der Waals surface area contributed by atoms with Gasteiger partial charge in [-0.25, -0.2) is 4.79 Å². The molecule has 3 rings (SSSR count). The minimum absolute atomic E-state index is 0.311. The van der Waals surface area contributed by atoms with Crippen LogP contribution in [-0.4, -0.2) is 36.2 Å². The first-order valence-electron chi connectivity index (χ1n) is 10.2. The number of aromatic nitrogens is 1. The Bertz CT molecular complexity index is 1020. The number of nitrogens with zero attached hydrogens (tertiary/aromatic N) is 1. The summed E-state index contributed by atoms with van der Waals surface area (Å²) >= 11 is 1.68. The van der Waals surface area contributed by atoms with E-state index in [1.54, 1.807) is 25.4 Å². The number of benzene rings is 1. The van der Waals surface area contributed by atoms with Crippen LogP contribution >= 0.6 is 11.3 Å². The first-order valence-corrected chi connectivity index (χ1v) is 11.1. The van der Waals surface area contributed by atoms with Gasteiger partial charge in [0.05, 0.1) is 19.2 Å². The lowest BCUT2D eigenvalue weighted by Gasteiger charge is -2.14. The lowest BCUT2D eigenvalue weighted by molar-refractivity contribution is -0.129. The van der Waals surface area contributed by atoms with Crippen LogP contribution in [0.5, 0.6) is 5.75 Å². The van der Waals surface area contributed by atoms with Crippen LogP contribution in [0.15, 0.2) is 47.8 Å². The molecule has 3 aromatic rings. The summed E-state index contributed by atoms with van der Waals surface area (Å²) in [6, 6.07) is 13.6. The highest BCUT2D eigenvalue weighted by molar-refractivity contribution is 7.09. The van der Waals surface area contributed by atoms with Gasteiger partial charge in [-0.1, -0.05) is 18.2 Å². The van der Waals surface area contributed by atoms with Gasteiger partial charge in [-0.15, -0.1) is 11.3 Å². The normalized spacial score (nSPS) is 11.7. The van der Waals surface area contributed by atoms with Crippen molar-refractivity contribution in [3.8, 4) is 5.75 Å². The van der Waals surface area contributed by atoms with Gasteiger partial charge in [-0.2, -0.15) is 0 Å². The van der Waals surface area contributed by atoms with Crippen molar-refractivity contribution in [3.05, 3.63) is 75.2 Å². The topological polar surface area (TPSA) is 69.6 Å². The maximum absolute atomic E-state index is 12.7. The molecule has 0 radical (unpaired) electrons. The number of methoxy groups -OCH3 is 1. The lowest BCUT2D eigenvalue weighted by Crippen LogP contribution is -2.37. The van der Waals surface area contributed by atoms with Crippen LogP contribution < -0.4 is 10.1 Å². The lowest BCUT2D eigenvalue weighted by atomic mass is 10.1. The Kier molecular flexibility index (Phi) is 7.52. The van der Waals surface area contributed by atoms with Gasteiger partial charge >= 0.3 is 5.97 Å². The maximum Gasteiger partial charge on any atom is 0.340 e.